The van der Waals surface area contributed by atoms with Gasteiger partial charge in [-0.15, -0.1) is 0 Å². The fourth-order valence-corrected chi connectivity index (χ4v) is 8.97. The first-order valence-corrected chi connectivity index (χ1v) is 17.8. The maximum absolute atomic E-state index is 7.28. The summed E-state index contributed by atoms with van der Waals surface area (Å²) in [4.78, 5) is 7.57. The fraction of sp³-hybridized carbons (Fsp3) is 0.128. The van der Waals surface area contributed by atoms with Crippen molar-refractivity contribution in [3.05, 3.63) is 204 Å². The Hall–Kier alpha value is -6.13. The molecular formula is C47H37N3O. The van der Waals surface area contributed by atoms with Crippen LogP contribution in [0.25, 0.3) is 27.5 Å². The molecule has 0 radical (unpaired) electrons. The summed E-state index contributed by atoms with van der Waals surface area (Å²) in [6.07, 6.45) is 8.44. The normalized spacial score (nSPS) is 23.3. The molecule has 0 spiro atoms. The average Bonchev–Trinajstić information content (AvgIpc) is 3.81. The minimum atomic E-state index is -0.574. The first kappa shape index (κ1) is 29.8. The van der Waals surface area contributed by atoms with Gasteiger partial charge >= 0.3 is 0 Å². The van der Waals surface area contributed by atoms with E-state index in [4.69, 9.17) is 9.73 Å². The lowest BCUT2D eigenvalue weighted by molar-refractivity contribution is 0.100. The molecular weight excluding hydrogens is 623 g/mol. The van der Waals surface area contributed by atoms with Crippen molar-refractivity contribution in [2.75, 3.05) is 0 Å². The summed E-state index contributed by atoms with van der Waals surface area (Å²) >= 11 is 0. The maximum Gasteiger partial charge on any atom is 0.142 e. The monoisotopic (exact) mass is 659 g/mol. The molecule has 0 N–H and O–H groups in total. The third-order valence-electron chi connectivity index (χ3n) is 11.4. The number of hydrogen-bond acceptors (Lipinski definition) is 3. The zero-order valence-corrected chi connectivity index (χ0v) is 28.6. The van der Waals surface area contributed by atoms with E-state index in [1.165, 1.54) is 33.2 Å². The van der Waals surface area contributed by atoms with E-state index in [0.717, 1.165) is 33.7 Å². The van der Waals surface area contributed by atoms with Gasteiger partial charge in [0.1, 0.15) is 23.2 Å². The molecule has 3 aliphatic heterocycles. The summed E-state index contributed by atoms with van der Waals surface area (Å²) in [7, 11) is 0. The summed E-state index contributed by atoms with van der Waals surface area (Å²) < 4.78 is 9.67. The molecule has 4 unspecified atom stereocenters. The second-order valence-corrected chi connectivity index (χ2v) is 14.2. The predicted octanol–water partition coefficient (Wildman–Crippen LogP) is 11.0. The van der Waals surface area contributed by atoms with Crippen LogP contribution in [0.1, 0.15) is 53.6 Å². The van der Waals surface area contributed by atoms with Crippen LogP contribution in [0.3, 0.4) is 0 Å². The Morgan fingerprint density at radius 1 is 0.608 bits per heavy atom. The van der Waals surface area contributed by atoms with Crippen molar-refractivity contribution in [3.63, 3.8) is 0 Å². The van der Waals surface area contributed by atoms with Crippen LogP contribution in [0.4, 0.5) is 0 Å². The highest BCUT2D eigenvalue weighted by atomic mass is 16.5. The molecule has 4 heterocycles. The summed E-state index contributed by atoms with van der Waals surface area (Å²) in [6.45, 7) is 4.56. The van der Waals surface area contributed by atoms with Gasteiger partial charge in [0, 0.05) is 22.8 Å². The van der Waals surface area contributed by atoms with Crippen LogP contribution in [0.15, 0.2) is 181 Å². The van der Waals surface area contributed by atoms with Crippen LogP contribution in [-0.2, 0) is 11.1 Å². The minimum absolute atomic E-state index is 0.0393. The van der Waals surface area contributed by atoms with Crippen LogP contribution in [0.2, 0.25) is 0 Å². The SMILES string of the molecule is CC1(c2ccccc2)Oc2c(ccc3c2c2ccccc2n3-c2ccc(C3(C)C(c4ccccc4)N=C4C=CC=CN43)cc2)C1c1ccccc1. The number of aromatic nitrogens is 1. The van der Waals surface area contributed by atoms with E-state index in [1.54, 1.807) is 0 Å². The Kier molecular flexibility index (Phi) is 6.53. The highest BCUT2D eigenvalue weighted by molar-refractivity contribution is 6.13. The van der Waals surface area contributed by atoms with Crippen molar-refractivity contribution < 1.29 is 4.74 Å². The van der Waals surface area contributed by atoms with Gasteiger partial charge in [-0.05, 0) is 72.5 Å². The minimum Gasteiger partial charge on any atom is -0.481 e. The predicted molar refractivity (Wildman–Crippen MR) is 208 cm³/mol. The number of ether oxygens (including phenoxy) is 1. The van der Waals surface area contributed by atoms with E-state index in [-0.39, 0.29) is 17.5 Å². The molecule has 7 aromatic rings. The van der Waals surface area contributed by atoms with Crippen LogP contribution < -0.4 is 4.74 Å². The summed E-state index contributed by atoms with van der Waals surface area (Å²) in [5.41, 5.74) is 8.51. The first-order valence-electron chi connectivity index (χ1n) is 17.8. The number of aliphatic imine (C=N–C) groups is 1. The Labute approximate surface area is 298 Å². The summed E-state index contributed by atoms with van der Waals surface area (Å²) in [6, 6.07) is 54.6. The zero-order valence-electron chi connectivity index (χ0n) is 28.6. The molecule has 0 saturated heterocycles. The van der Waals surface area contributed by atoms with Crippen LogP contribution >= 0.6 is 0 Å². The third kappa shape index (κ3) is 4.29. The molecule has 0 amide bonds. The topological polar surface area (TPSA) is 29.8 Å². The number of fused-ring (bicyclic) bond motifs is 6. The zero-order chi connectivity index (χ0) is 34.2. The second-order valence-electron chi connectivity index (χ2n) is 14.2. The number of amidine groups is 1. The summed E-state index contributed by atoms with van der Waals surface area (Å²) in [5.74, 6) is 2.00. The molecule has 6 aromatic carbocycles. The Bertz CT molecular complexity index is 2530. The van der Waals surface area contributed by atoms with Crippen molar-refractivity contribution in [1.29, 1.82) is 0 Å². The number of para-hydroxylation sites is 1. The largest absolute Gasteiger partial charge is 0.481 e. The van der Waals surface area contributed by atoms with E-state index in [1.807, 2.05) is 0 Å². The first-order chi connectivity index (χ1) is 25.1. The molecule has 4 heteroatoms. The smallest absolute Gasteiger partial charge is 0.142 e. The van der Waals surface area contributed by atoms with Gasteiger partial charge in [-0.1, -0.05) is 133 Å². The Morgan fingerprint density at radius 2 is 1.27 bits per heavy atom. The lowest BCUT2D eigenvalue weighted by atomic mass is 9.76. The second kappa shape index (κ2) is 11.2. The van der Waals surface area contributed by atoms with Crippen molar-refractivity contribution in [2.24, 2.45) is 4.99 Å². The number of nitrogens with zero attached hydrogens (tertiary/aromatic N) is 3. The van der Waals surface area contributed by atoms with Gasteiger partial charge in [0.25, 0.3) is 0 Å². The molecule has 0 bridgehead atoms. The van der Waals surface area contributed by atoms with Crippen LogP contribution in [0, 0.1) is 0 Å². The number of benzene rings is 6. The van der Waals surface area contributed by atoms with E-state index >= 15 is 0 Å². The number of hydrogen-bond donors (Lipinski definition) is 0. The van der Waals surface area contributed by atoms with Gasteiger partial charge in [0.15, 0.2) is 0 Å². The van der Waals surface area contributed by atoms with Gasteiger partial charge in [0.2, 0.25) is 0 Å². The molecule has 51 heavy (non-hydrogen) atoms. The number of rotatable bonds is 5. The van der Waals surface area contributed by atoms with E-state index in [2.05, 4.69) is 199 Å². The molecule has 1 aromatic heterocycles. The molecule has 0 fully saturated rings. The van der Waals surface area contributed by atoms with Crippen LogP contribution in [0.5, 0.6) is 5.75 Å². The highest BCUT2D eigenvalue weighted by Gasteiger charge is 2.49. The molecule has 4 nitrogen and oxygen atoms in total. The van der Waals surface area contributed by atoms with Gasteiger partial charge in [-0.25, -0.2) is 0 Å². The van der Waals surface area contributed by atoms with Crippen molar-refractivity contribution in [1.82, 2.24) is 9.47 Å². The maximum atomic E-state index is 7.28. The standard InChI is InChI=1S/C47H37N3O/c1-46(45(33-18-8-4-9-19-33)48-41-24-14-15-31-49(41)46)34-25-27-36(28-26-34)50-39-23-13-12-22-37(39)42-40(50)30-29-38-43(32-16-6-3-7-17-32)47(2,51-44(38)42)35-20-10-5-11-21-35/h3-31,43,45H,1-2H3. The molecule has 0 aliphatic carbocycles. The van der Waals surface area contributed by atoms with Crippen molar-refractivity contribution in [3.8, 4) is 11.4 Å². The van der Waals surface area contributed by atoms with Gasteiger partial charge in [-0.2, -0.15) is 0 Å². The third-order valence-corrected chi connectivity index (χ3v) is 11.4. The van der Waals surface area contributed by atoms with Crippen molar-refractivity contribution >= 4 is 27.6 Å². The fourth-order valence-electron chi connectivity index (χ4n) is 8.97. The van der Waals surface area contributed by atoms with E-state index < -0.39 is 5.60 Å². The van der Waals surface area contributed by atoms with E-state index in [9.17, 15) is 0 Å². The van der Waals surface area contributed by atoms with Gasteiger partial charge in [-0.3, -0.25) is 4.99 Å². The van der Waals surface area contributed by atoms with Gasteiger partial charge < -0.3 is 14.2 Å². The Balaban J connectivity index is 1.13. The lowest BCUT2D eigenvalue weighted by Gasteiger charge is -2.39. The quantitative estimate of drug-likeness (QED) is 0.184. The van der Waals surface area contributed by atoms with Crippen molar-refractivity contribution in [2.45, 2.75) is 36.9 Å². The van der Waals surface area contributed by atoms with Gasteiger partial charge in [0.05, 0.1) is 27.9 Å². The number of allylic oxidation sites excluding steroid dienone is 2. The molecule has 246 valence electrons. The average molecular weight is 660 g/mol. The highest BCUT2D eigenvalue weighted by Crippen LogP contribution is 2.57. The molecule has 10 rings (SSSR count). The lowest BCUT2D eigenvalue weighted by Crippen LogP contribution is -2.42. The molecule has 3 aliphatic rings. The Morgan fingerprint density at radius 3 is 2.02 bits per heavy atom. The van der Waals surface area contributed by atoms with E-state index in [0.29, 0.717) is 0 Å². The van der Waals surface area contributed by atoms with Crippen LogP contribution in [-0.4, -0.2) is 15.3 Å². The molecule has 0 saturated carbocycles. The molecule has 4 atom stereocenters. The summed E-state index contributed by atoms with van der Waals surface area (Å²) in [5, 5.41) is 2.34.